The Bertz CT molecular complexity index is 938. The monoisotopic (exact) mass is 372 g/mol. The Labute approximate surface area is 153 Å². The van der Waals surface area contributed by atoms with Gasteiger partial charge in [0.15, 0.2) is 0 Å². The topological polar surface area (TPSA) is 142 Å². The molecule has 0 saturated heterocycles. The van der Waals surface area contributed by atoms with Gasteiger partial charge in [-0.1, -0.05) is 0 Å². The van der Waals surface area contributed by atoms with Gasteiger partial charge in [-0.15, -0.1) is 0 Å². The standard InChI is InChI=1S/C18H16N2O7/c1-9-5-10(3-4-14(9)22)20-17(24)11-7-15(27-8-21)13(16(23)19-2)6-12(11)18(25)26/h3-8,22H,1-2H3,(H,19,23)(H,20,24)(H,25,26). The van der Waals surface area contributed by atoms with Crippen LogP contribution >= 0.6 is 0 Å². The second-order valence-electron chi connectivity index (χ2n) is 5.45. The van der Waals surface area contributed by atoms with Gasteiger partial charge in [0.05, 0.1) is 16.7 Å². The Balaban J connectivity index is 2.52. The van der Waals surface area contributed by atoms with Gasteiger partial charge in [0.2, 0.25) is 0 Å². The Morgan fingerprint density at radius 3 is 2.30 bits per heavy atom. The number of ether oxygens (including phenoxy) is 1. The molecular formula is C18H16N2O7. The van der Waals surface area contributed by atoms with Crippen molar-refractivity contribution in [3.05, 3.63) is 52.6 Å². The van der Waals surface area contributed by atoms with E-state index in [1.807, 2.05) is 0 Å². The lowest BCUT2D eigenvalue weighted by molar-refractivity contribution is -0.120. The van der Waals surface area contributed by atoms with Gasteiger partial charge < -0.3 is 25.6 Å². The summed E-state index contributed by atoms with van der Waals surface area (Å²) in [7, 11) is 1.32. The largest absolute Gasteiger partial charge is 0.508 e. The van der Waals surface area contributed by atoms with Gasteiger partial charge in [0, 0.05) is 12.7 Å². The SMILES string of the molecule is CNC(=O)c1cc(C(=O)O)c(C(=O)Nc2ccc(O)c(C)c2)cc1OC=O. The van der Waals surface area contributed by atoms with Crippen LogP contribution in [-0.4, -0.2) is 41.5 Å². The Morgan fingerprint density at radius 1 is 1.04 bits per heavy atom. The lowest BCUT2D eigenvalue weighted by Gasteiger charge is -2.13. The molecule has 0 atom stereocenters. The van der Waals surface area contributed by atoms with Gasteiger partial charge in [-0.3, -0.25) is 14.4 Å². The molecule has 0 aromatic heterocycles. The van der Waals surface area contributed by atoms with E-state index in [9.17, 15) is 29.4 Å². The number of amides is 2. The molecular weight excluding hydrogens is 356 g/mol. The fourth-order valence-corrected chi connectivity index (χ4v) is 2.34. The molecule has 2 aromatic rings. The van der Waals surface area contributed by atoms with Crippen molar-refractivity contribution in [3.63, 3.8) is 0 Å². The first-order valence-electron chi connectivity index (χ1n) is 7.63. The molecule has 0 unspecified atom stereocenters. The van der Waals surface area contributed by atoms with Crippen molar-refractivity contribution < 1.29 is 34.1 Å². The van der Waals surface area contributed by atoms with Crippen LogP contribution in [0.2, 0.25) is 0 Å². The van der Waals surface area contributed by atoms with Gasteiger partial charge in [0.25, 0.3) is 18.3 Å². The van der Waals surface area contributed by atoms with E-state index in [1.165, 1.54) is 25.2 Å². The predicted molar refractivity (Wildman–Crippen MR) is 94.3 cm³/mol. The second-order valence-corrected chi connectivity index (χ2v) is 5.45. The highest BCUT2D eigenvalue weighted by molar-refractivity contribution is 6.12. The number of anilines is 1. The molecule has 0 radical (unpaired) electrons. The highest BCUT2D eigenvalue weighted by Crippen LogP contribution is 2.26. The minimum atomic E-state index is -1.44. The third-order valence-corrected chi connectivity index (χ3v) is 3.70. The molecule has 9 nitrogen and oxygen atoms in total. The number of carbonyl (C=O) groups excluding carboxylic acids is 3. The van der Waals surface area contributed by atoms with Crippen molar-refractivity contribution in [2.45, 2.75) is 6.92 Å². The normalized spacial score (nSPS) is 10.0. The summed E-state index contributed by atoms with van der Waals surface area (Å²) >= 11 is 0. The van der Waals surface area contributed by atoms with Crippen LogP contribution in [0.1, 0.15) is 36.6 Å². The molecule has 2 aromatic carbocycles. The smallest absolute Gasteiger partial charge is 0.336 e. The fourth-order valence-electron chi connectivity index (χ4n) is 2.34. The van der Waals surface area contributed by atoms with Crippen molar-refractivity contribution in [2.75, 3.05) is 12.4 Å². The Kier molecular flexibility index (Phi) is 5.76. The number of hydrogen-bond acceptors (Lipinski definition) is 6. The quantitative estimate of drug-likeness (QED) is 0.445. The number of carbonyl (C=O) groups is 4. The summed E-state index contributed by atoms with van der Waals surface area (Å²) in [4.78, 5) is 46.7. The van der Waals surface area contributed by atoms with Gasteiger partial charge >= 0.3 is 5.97 Å². The molecule has 2 rings (SSSR count). The Morgan fingerprint density at radius 2 is 1.74 bits per heavy atom. The molecule has 0 aliphatic rings. The van der Waals surface area contributed by atoms with Crippen LogP contribution in [-0.2, 0) is 4.79 Å². The molecule has 0 saturated carbocycles. The van der Waals surface area contributed by atoms with Crippen molar-refractivity contribution in [1.82, 2.24) is 5.32 Å². The van der Waals surface area contributed by atoms with Crippen LogP contribution in [0.5, 0.6) is 11.5 Å². The summed E-state index contributed by atoms with van der Waals surface area (Å²) in [6.07, 6.45) is 0. The fraction of sp³-hybridized carbons (Fsp3) is 0.111. The summed E-state index contributed by atoms with van der Waals surface area (Å²) in [6.45, 7) is 1.69. The third-order valence-electron chi connectivity index (χ3n) is 3.70. The molecule has 27 heavy (non-hydrogen) atoms. The van der Waals surface area contributed by atoms with Crippen LogP contribution in [0.15, 0.2) is 30.3 Å². The molecule has 0 fully saturated rings. The first-order chi connectivity index (χ1) is 12.8. The van der Waals surface area contributed by atoms with Crippen molar-refractivity contribution in [2.24, 2.45) is 0 Å². The van der Waals surface area contributed by atoms with Gasteiger partial charge in [0.1, 0.15) is 11.5 Å². The number of carboxylic acids is 1. The van der Waals surface area contributed by atoms with Crippen molar-refractivity contribution >= 4 is 29.9 Å². The maximum Gasteiger partial charge on any atom is 0.336 e. The van der Waals surface area contributed by atoms with Crippen molar-refractivity contribution in [1.29, 1.82) is 0 Å². The van der Waals surface area contributed by atoms with Crippen LogP contribution in [0.3, 0.4) is 0 Å². The number of aromatic hydroxyl groups is 1. The van der Waals surface area contributed by atoms with Crippen LogP contribution in [0.25, 0.3) is 0 Å². The maximum absolute atomic E-state index is 12.6. The molecule has 0 bridgehead atoms. The lowest BCUT2D eigenvalue weighted by Crippen LogP contribution is -2.22. The van der Waals surface area contributed by atoms with Gasteiger partial charge in [-0.05, 0) is 42.8 Å². The minimum absolute atomic E-state index is 0.0378. The lowest BCUT2D eigenvalue weighted by atomic mass is 10.0. The third kappa shape index (κ3) is 4.21. The first kappa shape index (κ1) is 19.4. The van der Waals surface area contributed by atoms with E-state index in [0.29, 0.717) is 11.3 Å². The van der Waals surface area contributed by atoms with Gasteiger partial charge in [-0.25, -0.2) is 4.79 Å². The summed E-state index contributed by atoms with van der Waals surface area (Å²) in [5, 5.41) is 23.7. The average Bonchev–Trinajstić information content (AvgIpc) is 2.63. The zero-order valence-corrected chi connectivity index (χ0v) is 14.4. The second kappa shape index (κ2) is 8.00. The summed E-state index contributed by atoms with van der Waals surface area (Å²) < 4.78 is 4.72. The Hall–Kier alpha value is -3.88. The number of aryl methyl sites for hydroxylation is 1. The number of hydrogen-bond donors (Lipinski definition) is 4. The molecule has 9 heteroatoms. The number of phenols is 1. The number of aromatic carboxylic acids is 1. The first-order valence-corrected chi connectivity index (χ1v) is 7.63. The summed E-state index contributed by atoms with van der Waals surface area (Å²) in [5.74, 6) is -3.14. The highest BCUT2D eigenvalue weighted by Gasteiger charge is 2.23. The molecule has 0 spiro atoms. The molecule has 0 heterocycles. The van der Waals surface area contributed by atoms with E-state index in [-0.39, 0.29) is 29.1 Å². The predicted octanol–water partition coefficient (Wildman–Crippen LogP) is 1.55. The highest BCUT2D eigenvalue weighted by atomic mass is 16.5. The van der Waals surface area contributed by atoms with E-state index >= 15 is 0 Å². The van der Waals surface area contributed by atoms with Gasteiger partial charge in [-0.2, -0.15) is 0 Å². The van der Waals surface area contributed by atoms with E-state index in [0.717, 1.165) is 12.1 Å². The summed E-state index contributed by atoms with van der Waals surface area (Å²) in [6, 6.07) is 6.26. The summed E-state index contributed by atoms with van der Waals surface area (Å²) in [5.41, 5.74) is -0.136. The van der Waals surface area contributed by atoms with Crippen LogP contribution < -0.4 is 15.4 Å². The van der Waals surface area contributed by atoms with Crippen LogP contribution in [0, 0.1) is 6.92 Å². The number of carboxylic acid groups (broad SMARTS) is 1. The molecule has 140 valence electrons. The van der Waals surface area contributed by atoms with Crippen LogP contribution in [0.4, 0.5) is 5.69 Å². The zero-order chi connectivity index (χ0) is 20.1. The molecule has 0 aliphatic heterocycles. The van der Waals surface area contributed by atoms with Crippen molar-refractivity contribution in [3.8, 4) is 11.5 Å². The number of rotatable bonds is 6. The maximum atomic E-state index is 12.6. The van der Waals surface area contributed by atoms with E-state index in [4.69, 9.17) is 4.74 Å². The zero-order valence-electron chi connectivity index (χ0n) is 14.4. The van der Waals surface area contributed by atoms with E-state index in [2.05, 4.69) is 10.6 Å². The molecule has 0 aliphatic carbocycles. The number of nitrogens with one attached hydrogen (secondary N) is 2. The average molecular weight is 372 g/mol. The van der Waals surface area contributed by atoms with E-state index in [1.54, 1.807) is 6.92 Å². The molecule has 4 N–H and O–H groups in total. The minimum Gasteiger partial charge on any atom is -0.508 e. The molecule has 2 amide bonds. The van der Waals surface area contributed by atoms with E-state index < -0.39 is 23.3 Å². The number of phenolic OH excluding ortho intramolecular Hbond substituents is 1. The number of benzene rings is 2.